The lowest BCUT2D eigenvalue weighted by Crippen LogP contribution is -2.28. The second-order valence-electron chi connectivity index (χ2n) is 7.31. The van der Waals surface area contributed by atoms with Crippen molar-refractivity contribution in [1.29, 1.82) is 0 Å². The molecule has 7 heteroatoms. The van der Waals surface area contributed by atoms with Crippen LogP contribution in [0, 0.1) is 0 Å². The van der Waals surface area contributed by atoms with Gasteiger partial charge in [0.25, 0.3) is 5.88 Å². The second-order valence-corrected chi connectivity index (χ2v) is 7.75. The summed E-state index contributed by atoms with van der Waals surface area (Å²) in [6, 6.07) is 5.09. The first kappa shape index (κ1) is 23.2. The zero-order chi connectivity index (χ0) is 21.1. The van der Waals surface area contributed by atoms with Crippen LogP contribution < -0.4 is 10.1 Å². The fourth-order valence-corrected chi connectivity index (χ4v) is 3.34. The number of ether oxygens (including phenoxy) is 1. The summed E-state index contributed by atoms with van der Waals surface area (Å²) >= 11 is 6.11. The molecule has 1 heterocycles. The molecular weight excluding hydrogens is 390 g/mol. The first-order valence-corrected chi connectivity index (χ1v) is 11.1. The van der Waals surface area contributed by atoms with Crippen LogP contribution in [0.1, 0.15) is 82.9 Å². The molecule has 1 aromatic heterocycles. The van der Waals surface area contributed by atoms with Gasteiger partial charge in [-0.05, 0) is 31.0 Å². The Bertz CT molecular complexity index is 804. The van der Waals surface area contributed by atoms with Gasteiger partial charge >= 0.3 is 6.09 Å². The van der Waals surface area contributed by atoms with Crippen molar-refractivity contribution in [2.45, 2.75) is 78.1 Å². The van der Waals surface area contributed by atoms with E-state index in [0.29, 0.717) is 28.9 Å². The minimum absolute atomic E-state index is 0.122. The van der Waals surface area contributed by atoms with Crippen molar-refractivity contribution >= 4 is 34.5 Å². The van der Waals surface area contributed by atoms with Crippen LogP contribution in [0.4, 0.5) is 4.79 Å². The molecule has 0 aliphatic heterocycles. The number of hydrogen-bond acceptors (Lipinski definition) is 4. The van der Waals surface area contributed by atoms with E-state index in [2.05, 4.69) is 24.3 Å². The summed E-state index contributed by atoms with van der Waals surface area (Å²) in [5, 5.41) is 8.10. The van der Waals surface area contributed by atoms with Crippen LogP contribution in [-0.2, 0) is 0 Å². The van der Waals surface area contributed by atoms with E-state index in [1.54, 1.807) is 18.2 Å². The predicted octanol–water partition coefficient (Wildman–Crippen LogP) is 6.36. The number of aromatic nitrogens is 2. The van der Waals surface area contributed by atoms with Gasteiger partial charge in [-0.3, -0.25) is 4.79 Å². The Labute approximate surface area is 177 Å². The third-order valence-electron chi connectivity index (χ3n) is 4.83. The van der Waals surface area contributed by atoms with E-state index < -0.39 is 6.09 Å². The van der Waals surface area contributed by atoms with E-state index in [4.69, 9.17) is 16.3 Å². The maximum Gasteiger partial charge on any atom is 0.414 e. The van der Waals surface area contributed by atoms with Crippen molar-refractivity contribution < 1.29 is 14.3 Å². The molecule has 0 aliphatic rings. The summed E-state index contributed by atoms with van der Waals surface area (Å²) in [6.45, 7) is 4.86. The number of carbonyl (C=O) groups is 2. The smallest absolute Gasteiger partial charge is 0.389 e. The molecule has 0 unspecified atom stereocenters. The summed E-state index contributed by atoms with van der Waals surface area (Å²) in [6.07, 6.45) is 9.41. The summed E-state index contributed by atoms with van der Waals surface area (Å²) in [4.78, 5) is 24.8. The van der Waals surface area contributed by atoms with Crippen LogP contribution in [0.5, 0.6) is 5.88 Å². The molecule has 0 saturated carbocycles. The predicted molar refractivity (Wildman–Crippen MR) is 117 cm³/mol. The van der Waals surface area contributed by atoms with Crippen molar-refractivity contribution in [3.05, 3.63) is 23.2 Å². The molecule has 0 aliphatic carbocycles. The zero-order valence-electron chi connectivity index (χ0n) is 17.5. The van der Waals surface area contributed by atoms with Gasteiger partial charge in [-0.2, -0.15) is 4.68 Å². The van der Waals surface area contributed by atoms with Gasteiger partial charge < -0.3 is 10.1 Å². The third-order valence-corrected chi connectivity index (χ3v) is 5.06. The van der Waals surface area contributed by atoms with Crippen LogP contribution in [0.25, 0.3) is 10.9 Å². The van der Waals surface area contributed by atoms with Crippen LogP contribution in [0.2, 0.25) is 5.02 Å². The average molecular weight is 422 g/mol. The second kappa shape index (κ2) is 12.5. The van der Waals surface area contributed by atoms with E-state index in [1.165, 1.54) is 11.1 Å². The Morgan fingerprint density at radius 2 is 1.72 bits per heavy atom. The van der Waals surface area contributed by atoms with Crippen molar-refractivity contribution in [2.75, 3.05) is 6.54 Å². The SMILES string of the molecule is CCCCCCCC(=O)n1nc(OC(=O)NCCCCCC)c2ccc(Cl)cc21. The summed E-state index contributed by atoms with van der Waals surface area (Å²) in [5.41, 5.74) is 0.557. The van der Waals surface area contributed by atoms with Crippen LogP contribution >= 0.6 is 11.6 Å². The number of benzene rings is 1. The number of carbonyl (C=O) groups excluding carboxylic acids is 2. The van der Waals surface area contributed by atoms with E-state index in [-0.39, 0.29) is 11.8 Å². The molecule has 1 aromatic carbocycles. The molecule has 1 N–H and O–H groups in total. The minimum atomic E-state index is -0.560. The lowest BCUT2D eigenvalue weighted by molar-refractivity contribution is 0.0886. The molecule has 6 nitrogen and oxygen atoms in total. The Kier molecular flexibility index (Phi) is 9.98. The Morgan fingerprint density at radius 1 is 1.03 bits per heavy atom. The molecule has 1 amide bonds. The molecule has 0 radical (unpaired) electrons. The van der Waals surface area contributed by atoms with E-state index in [1.807, 2.05) is 0 Å². The lowest BCUT2D eigenvalue weighted by Gasteiger charge is -2.04. The number of rotatable bonds is 12. The van der Waals surface area contributed by atoms with E-state index in [0.717, 1.165) is 51.4 Å². The number of halogens is 1. The van der Waals surface area contributed by atoms with E-state index >= 15 is 0 Å². The Morgan fingerprint density at radius 3 is 2.45 bits per heavy atom. The van der Waals surface area contributed by atoms with Crippen LogP contribution in [0.15, 0.2) is 18.2 Å². The molecule has 2 rings (SSSR count). The quantitative estimate of drug-likeness (QED) is 0.404. The zero-order valence-corrected chi connectivity index (χ0v) is 18.3. The number of nitrogens with one attached hydrogen (secondary N) is 1. The van der Waals surface area contributed by atoms with Gasteiger partial charge in [0.15, 0.2) is 0 Å². The van der Waals surface area contributed by atoms with Gasteiger partial charge in [0.2, 0.25) is 5.91 Å². The molecule has 0 bridgehead atoms. The summed E-state index contributed by atoms with van der Waals surface area (Å²) < 4.78 is 6.70. The highest BCUT2D eigenvalue weighted by molar-refractivity contribution is 6.31. The highest BCUT2D eigenvalue weighted by atomic mass is 35.5. The number of nitrogens with zero attached hydrogens (tertiary/aromatic N) is 2. The largest absolute Gasteiger partial charge is 0.414 e. The van der Waals surface area contributed by atoms with Gasteiger partial charge in [-0.1, -0.05) is 70.4 Å². The Balaban J connectivity index is 2.03. The summed E-state index contributed by atoms with van der Waals surface area (Å²) in [7, 11) is 0. The Hall–Kier alpha value is -2.08. The molecule has 0 saturated heterocycles. The van der Waals surface area contributed by atoms with Gasteiger partial charge in [0.05, 0.1) is 10.9 Å². The van der Waals surface area contributed by atoms with Gasteiger partial charge in [-0.25, -0.2) is 4.79 Å². The van der Waals surface area contributed by atoms with Crippen molar-refractivity contribution in [3.63, 3.8) is 0 Å². The molecule has 0 spiro atoms. The van der Waals surface area contributed by atoms with Crippen molar-refractivity contribution in [2.24, 2.45) is 0 Å². The minimum Gasteiger partial charge on any atom is -0.389 e. The first-order chi connectivity index (χ1) is 14.1. The molecule has 2 aromatic rings. The average Bonchev–Trinajstić information content (AvgIpc) is 3.05. The number of amides is 1. The van der Waals surface area contributed by atoms with Crippen molar-refractivity contribution in [1.82, 2.24) is 15.1 Å². The van der Waals surface area contributed by atoms with Gasteiger partial charge in [-0.15, -0.1) is 5.10 Å². The maximum absolute atomic E-state index is 12.7. The highest BCUT2D eigenvalue weighted by Gasteiger charge is 2.19. The van der Waals surface area contributed by atoms with Crippen LogP contribution in [0.3, 0.4) is 0 Å². The first-order valence-electron chi connectivity index (χ1n) is 10.7. The molecule has 160 valence electrons. The third kappa shape index (κ3) is 7.35. The number of fused-ring (bicyclic) bond motifs is 1. The van der Waals surface area contributed by atoms with E-state index in [9.17, 15) is 9.59 Å². The standard InChI is InChI=1S/C22H32ClN3O3/c1-3-5-7-9-10-12-20(27)26-19-16-17(23)13-14-18(19)21(25-26)29-22(28)24-15-11-8-6-4-2/h13-14,16H,3-12,15H2,1-2H3,(H,24,28). The molecule has 29 heavy (non-hydrogen) atoms. The van der Waals surface area contributed by atoms with Crippen LogP contribution in [-0.4, -0.2) is 28.3 Å². The van der Waals surface area contributed by atoms with Crippen molar-refractivity contribution in [3.8, 4) is 5.88 Å². The maximum atomic E-state index is 12.7. The molecular formula is C22H32ClN3O3. The fraction of sp³-hybridized carbons (Fsp3) is 0.591. The fourth-order valence-electron chi connectivity index (χ4n) is 3.18. The normalized spacial score (nSPS) is 11.0. The lowest BCUT2D eigenvalue weighted by atomic mass is 10.1. The van der Waals surface area contributed by atoms with Gasteiger partial charge in [0, 0.05) is 18.0 Å². The topological polar surface area (TPSA) is 73.2 Å². The highest BCUT2D eigenvalue weighted by Crippen LogP contribution is 2.28. The van der Waals surface area contributed by atoms with Gasteiger partial charge in [0.1, 0.15) is 0 Å². The monoisotopic (exact) mass is 421 g/mol. The summed E-state index contributed by atoms with van der Waals surface area (Å²) in [5.74, 6) is 0.00523. The molecule has 0 atom stereocenters. The number of unbranched alkanes of at least 4 members (excludes halogenated alkanes) is 7. The molecule has 0 fully saturated rings. The number of hydrogen-bond donors (Lipinski definition) is 1.